The van der Waals surface area contributed by atoms with Crippen molar-refractivity contribution < 1.29 is 0 Å². The molecule has 1 aromatic rings. The minimum atomic E-state index is 0.746. The van der Waals surface area contributed by atoms with Gasteiger partial charge in [-0.2, -0.15) is 5.10 Å². The van der Waals surface area contributed by atoms with E-state index in [0.29, 0.717) is 0 Å². The van der Waals surface area contributed by atoms with Gasteiger partial charge in [-0.1, -0.05) is 6.42 Å². The second-order valence-corrected chi connectivity index (χ2v) is 6.62. The number of nitrogens with one attached hydrogen (secondary N) is 1. The number of fused-ring (bicyclic) bond motifs is 2. The minimum Gasteiger partial charge on any atom is -0.308 e. The van der Waals surface area contributed by atoms with Crippen molar-refractivity contribution in [2.45, 2.75) is 58.7 Å². The van der Waals surface area contributed by atoms with Crippen LogP contribution >= 0.6 is 15.9 Å². The smallest absolute Gasteiger partial charge is 0.0739 e. The van der Waals surface area contributed by atoms with E-state index in [1.54, 1.807) is 0 Å². The van der Waals surface area contributed by atoms with Crippen LogP contribution < -0.4 is 5.32 Å². The predicted octanol–water partition coefficient (Wildman–Crippen LogP) is 3.25. The van der Waals surface area contributed by atoms with Crippen molar-refractivity contribution in [3.8, 4) is 0 Å². The highest BCUT2D eigenvalue weighted by atomic mass is 79.9. The normalized spacial score (nSPS) is 30.3. The van der Waals surface area contributed by atoms with Crippen LogP contribution in [0.15, 0.2) is 4.47 Å². The number of hydrogen-bond acceptors (Lipinski definition) is 2. The van der Waals surface area contributed by atoms with Crippen molar-refractivity contribution in [2.75, 3.05) is 0 Å². The molecule has 0 spiro atoms. The third-order valence-corrected chi connectivity index (χ3v) is 5.75. The molecule has 18 heavy (non-hydrogen) atoms. The standard InChI is InChI=1S/C14H22BrN3/c1-3-18-13(14(15)9(2)17-18)8-16-12-7-10-4-5-11(12)6-10/h10-12,16H,3-8H2,1-2H3. The van der Waals surface area contributed by atoms with Gasteiger partial charge in [0, 0.05) is 19.1 Å². The zero-order chi connectivity index (χ0) is 12.7. The van der Waals surface area contributed by atoms with Crippen LogP contribution in [0, 0.1) is 18.8 Å². The van der Waals surface area contributed by atoms with Gasteiger partial charge in [0.2, 0.25) is 0 Å². The summed E-state index contributed by atoms with van der Waals surface area (Å²) in [5, 5.41) is 8.32. The zero-order valence-corrected chi connectivity index (χ0v) is 12.8. The lowest BCUT2D eigenvalue weighted by Gasteiger charge is -2.23. The third-order valence-electron chi connectivity index (χ3n) is 4.72. The number of hydrogen-bond donors (Lipinski definition) is 1. The highest BCUT2D eigenvalue weighted by Gasteiger charge is 2.39. The first-order valence-electron chi connectivity index (χ1n) is 7.14. The molecule has 3 unspecified atom stereocenters. The van der Waals surface area contributed by atoms with Gasteiger partial charge < -0.3 is 5.32 Å². The van der Waals surface area contributed by atoms with Gasteiger partial charge in [-0.05, 0) is 60.9 Å². The van der Waals surface area contributed by atoms with Crippen molar-refractivity contribution in [2.24, 2.45) is 11.8 Å². The second kappa shape index (κ2) is 4.97. The molecule has 0 aromatic carbocycles. The molecule has 2 aliphatic rings. The Hall–Kier alpha value is -0.350. The van der Waals surface area contributed by atoms with Gasteiger partial charge in [-0.3, -0.25) is 4.68 Å². The Morgan fingerprint density at radius 3 is 2.83 bits per heavy atom. The van der Waals surface area contributed by atoms with E-state index in [9.17, 15) is 0 Å². The van der Waals surface area contributed by atoms with Crippen molar-refractivity contribution in [3.63, 3.8) is 0 Å². The highest BCUT2D eigenvalue weighted by Crippen LogP contribution is 2.44. The maximum atomic E-state index is 4.55. The molecule has 3 atom stereocenters. The molecular weight excluding hydrogens is 290 g/mol. The largest absolute Gasteiger partial charge is 0.308 e. The van der Waals surface area contributed by atoms with Crippen LogP contribution in [0.4, 0.5) is 0 Å². The van der Waals surface area contributed by atoms with E-state index in [4.69, 9.17) is 0 Å². The molecule has 100 valence electrons. The highest BCUT2D eigenvalue weighted by molar-refractivity contribution is 9.10. The monoisotopic (exact) mass is 311 g/mol. The molecule has 0 radical (unpaired) electrons. The average molecular weight is 312 g/mol. The van der Waals surface area contributed by atoms with E-state index < -0.39 is 0 Å². The molecule has 3 rings (SSSR count). The van der Waals surface area contributed by atoms with E-state index in [-0.39, 0.29) is 0 Å². The minimum absolute atomic E-state index is 0.746. The molecule has 2 fully saturated rings. The first-order chi connectivity index (χ1) is 8.69. The molecule has 1 heterocycles. The summed E-state index contributed by atoms with van der Waals surface area (Å²) in [5.41, 5.74) is 2.40. The molecule has 2 saturated carbocycles. The Morgan fingerprint density at radius 1 is 1.39 bits per heavy atom. The summed E-state index contributed by atoms with van der Waals surface area (Å²) in [6, 6.07) is 0.746. The van der Waals surface area contributed by atoms with Crippen LogP contribution in [0.5, 0.6) is 0 Å². The van der Waals surface area contributed by atoms with E-state index in [1.165, 1.54) is 35.8 Å². The lowest BCUT2D eigenvalue weighted by molar-refractivity contribution is 0.346. The lowest BCUT2D eigenvalue weighted by Crippen LogP contribution is -2.34. The second-order valence-electron chi connectivity index (χ2n) is 5.82. The van der Waals surface area contributed by atoms with Gasteiger partial charge in [-0.25, -0.2) is 0 Å². The van der Waals surface area contributed by atoms with Crippen molar-refractivity contribution in [1.82, 2.24) is 15.1 Å². The predicted molar refractivity (Wildman–Crippen MR) is 76.4 cm³/mol. The van der Waals surface area contributed by atoms with Gasteiger partial charge >= 0.3 is 0 Å². The molecule has 0 saturated heterocycles. The number of halogens is 1. The van der Waals surface area contributed by atoms with Gasteiger partial charge in [-0.15, -0.1) is 0 Å². The summed E-state index contributed by atoms with van der Waals surface area (Å²) in [4.78, 5) is 0. The topological polar surface area (TPSA) is 29.9 Å². The zero-order valence-electron chi connectivity index (χ0n) is 11.2. The summed E-state index contributed by atoms with van der Waals surface area (Å²) < 4.78 is 3.29. The number of aryl methyl sites for hydroxylation is 2. The Labute approximate surface area is 117 Å². The van der Waals surface area contributed by atoms with Gasteiger partial charge in [0.05, 0.1) is 15.9 Å². The van der Waals surface area contributed by atoms with Crippen molar-refractivity contribution in [3.05, 3.63) is 15.9 Å². The fourth-order valence-electron chi connectivity index (χ4n) is 3.76. The van der Waals surface area contributed by atoms with Crippen LogP contribution in [-0.4, -0.2) is 15.8 Å². The average Bonchev–Trinajstić information content (AvgIpc) is 3.04. The molecule has 3 nitrogen and oxygen atoms in total. The Balaban J connectivity index is 1.66. The molecule has 0 amide bonds. The fraction of sp³-hybridized carbons (Fsp3) is 0.786. The summed E-state index contributed by atoms with van der Waals surface area (Å²) in [5.74, 6) is 1.95. The molecule has 0 aliphatic heterocycles. The van der Waals surface area contributed by atoms with Crippen LogP contribution in [-0.2, 0) is 13.1 Å². The van der Waals surface area contributed by atoms with E-state index in [2.05, 4.69) is 44.9 Å². The van der Waals surface area contributed by atoms with Gasteiger partial charge in [0.1, 0.15) is 0 Å². The lowest BCUT2D eigenvalue weighted by atomic mass is 9.95. The fourth-order valence-corrected chi connectivity index (χ4v) is 4.18. The van der Waals surface area contributed by atoms with Crippen LogP contribution in [0.2, 0.25) is 0 Å². The van der Waals surface area contributed by atoms with Crippen molar-refractivity contribution >= 4 is 15.9 Å². The van der Waals surface area contributed by atoms with Crippen molar-refractivity contribution in [1.29, 1.82) is 0 Å². The molecule has 2 aliphatic carbocycles. The maximum Gasteiger partial charge on any atom is 0.0739 e. The Bertz CT molecular complexity index is 440. The molecule has 2 bridgehead atoms. The van der Waals surface area contributed by atoms with Crippen LogP contribution in [0.3, 0.4) is 0 Å². The van der Waals surface area contributed by atoms with E-state index >= 15 is 0 Å². The summed E-state index contributed by atoms with van der Waals surface area (Å²) >= 11 is 3.67. The SMILES string of the molecule is CCn1nc(C)c(Br)c1CNC1CC2CCC1C2. The first kappa shape index (κ1) is 12.7. The molecule has 1 aromatic heterocycles. The summed E-state index contributed by atoms with van der Waals surface area (Å²) in [6.07, 6.45) is 5.76. The van der Waals surface area contributed by atoms with Crippen LogP contribution in [0.1, 0.15) is 44.0 Å². The Kier molecular flexibility index (Phi) is 3.50. The molecule has 4 heteroatoms. The van der Waals surface area contributed by atoms with Gasteiger partial charge in [0.25, 0.3) is 0 Å². The van der Waals surface area contributed by atoms with Crippen LogP contribution in [0.25, 0.3) is 0 Å². The summed E-state index contributed by atoms with van der Waals surface area (Å²) in [6.45, 7) is 6.11. The quantitative estimate of drug-likeness (QED) is 0.925. The number of nitrogens with zero attached hydrogens (tertiary/aromatic N) is 2. The maximum absolute atomic E-state index is 4.55. The first-order valence-corrected chi connectivity index (χ1v) is 7.93. The number of aromatic nitrogens is 2. The number of rotatable bonds is 4. The molecule has 1 N–H and O–H groups in total. The third kappa shape index (κ3) is 2.14. The molecular formula is C14H22BrN3. The van der Waals surface area contributed by atoms with E-state index in [0.717, 1.165) is 36.7 Å². The van der Waals surface area contributed by atoms with E-state index in [1.807, 2.05) is 0 Å². The summed E-state index contributed by atoms with van der Waals surface area (Å²) in [7, 11) is 0. The Morgan fingerprint density at radius 2 is 2.22 bits per heavy atom. The van der Waals surface area contributed by atoms with Gasteiger partial charge in [0.15, 0.2) is 0 Å².